The van der Waals surface area contributed by atoms with Crippen LogP contribution in [0.4, 0.5) is 0 Å². The summed E-state index contributed by atoms with van der Waals surface area (Å²) in [6.07, 6.45) is 47.8. The van der Waals surface area contributed by atoms with Gasteiger partial charge >= 0.3 is 0 Å². The first-order valence-corrected chi connectivity index (χ1v) is 35.5. The largest absolute Gasteiger partial charge is 0.462 e. The van der Waals surface area contributed by atoms with Gasteiger partial charge in [0.25, 0.3) is 5.70 Å². The van der Waals surface area contributed by atoms with Gasteiger partial charge in [-0.1, -0.05) is 198 Å². The lowest BCUT2D eigenvalue weighted by Gasteiger charge is -2.58. The van der Waals surface area contributed by atoms with Gasteiger partial charge in [-0.05, 0) is 255 Å². The lowest BCUT2D eigenvalue weighted by molar-refractivity contribution is -0.0656. The SMILES string of the molecule is C/C=C/c1ccc(COC2CC[C@@]3(C)C(=CC[C@H]4[C@@H]5CC[C@H]([C@H](C)CCCC(C)C)[C@@]5(C)CC[C@@H]43)C2)cc1.[C-]#[N+]/C(C#N)=C1\C=C(C)OC(/C=C/c2ccc(COC3CC[C@@]4(C)C(=CC[C@H]5[C@@H]6CC[C@H]([C@H](C)CCCC(C)C)[C@@]6(C)CC[C@@H]54)C3)cc2)=C1. The Bertz CT molecular complexity index is 2970. The maximum absolute atomic E-state index is 9.25. The Kier molecular flexibility index (Phi) is 21.2. The van der Waals surface area contributed by atoms with Crippen molar-refractivity contribution in [1.29, 1.82) is 5.26 Å². The average molecular weight is 1180 g/mol. The molecule has 2 unspecified atom stereocenters. The van der Waals surface area contributed by atoms with Gasteiger partial charge in [-0.15, -0.1) is 0 Å². The predicted octanol–water partition coefficient (Wildman–Crippen LogP) is 22.8. The van der Waals surface area contributed by atoms with Crippen LogP contribution in [0.25, 0.3) is 17.0 Å². The Morgan fingerprint density at radius 2 is 1.08 bits per heavy atom. The Morgan fingerprint density at radius 3 is 1.52 bits per heavy atom. The van der Waals surface area contributed by atoms with Crippen LogP contribution in [0, 0.1) is 111 Å². The van der Waals surface area contributed by atoms with Crippen LogP contribution in [0.2, 0.25) is 0 Å². The second-order valence-electron chi connectivity index (χ2n) is 31.7. The number of hydrogen-bond donors (Lipinski definition) is 0. The van der Waals surface area contributed by atoms with Crippen molar-refractivity contribution in [3.63, 3.8) is 0 Å². The molecule has 0 aromatic heterocycles. The lowest BCUT2D eigenvalue weighted by atomic mass is 9.47. The first-order valence-electron chi connectivity index (χ1n) is 35.5. The molecule has 6 saturated carbocycles. The fourth-order valence-electron chi connectivity index (χ4n) is 20.9. The molecule has 11 rings (SSSR count). The fourth-order valence-corrected chi connectivity index (χ4v) is 20.9. The summed E-state index contributed by atoms with van der Waals surface area (Å²) in [5, 5.41) is 9.25. The van der Waals surface area contributed by atoms with Gasteiger partial charge < -0.3 is 14.2 Å². The first kappa shape index (κ1) is 65.3. The van der Waals surface area contributed by atoms with Gasteiger partial charge in [0.05, 0.1) is 38.1 Å². The van der Waals surface area contributed by atoms with Crippen LogP contribution in [-0.2, 0) is 27.4 Å². The monoisotopic (exact) mass is 1170 g/mol. The van der Waals surface area contributed by atoms with E-state index in [0.717, 1.165) is 102 Å². The van der Waals surface area contributed by atoms with Crippen molar-refractivity contribution >= 4 is 12.2 Å². The molecule has 5 nitrogen and oxygen atoms in total. The molecule has 0 spiro atoms. The van der Waals surface area contributed by atoms with Crippen molar-refractivity contribution < 1.29 is 14.2 Å². The number of hydrogen-bond acceptors (Lipinski definition) is 4. The molecule has 16 atom stereocenters. The van der Waals surface area contributed by atoms with Gasteiger partial charge in [0, 0.05) is 0 Å². The van der Waals surface area contributed by atoms with Crippen LogP contribution < -0.4 is 0 Å². The van der Waals surface area contributed by atoms with Crippen LogP contribution in [0.5, 0.6) is 0 Å². The van der Waals surface area contributed by atoms with Crippen molar-refractivity contribution in [1.82, 2.24) is 0 Å². The molecule has 470 valence electrons. The third-order valence-corrected chi connectivity index (χ3v) is 25.7. The van der Waals surface area contributed by atoms with Gasteiger partial charge in [-0.3, -0.25) is 0 Å². The van der Waals surface area contributed by atoms with Gasteiger partial charge in [0.2, 0.25) is 0 Å². The Morgan fingerprint density at radius 1 is 0.609 bits per heavy atom. The summed E-state index contributed by atoms with van der Waals surface area (Å²) >= 11 is 0. The predicted molar refractivity (Wildman–Crippen MR) is 362 cm³/mol. The van der Waals surface area contributed by atoms with E-state index >= 15 is 0 Å². The van der Waals surface area contributed by atoms with E-state index in [1.165, 1.54) is 139 Å². The zero-order valence-corrected chi connectivity index (χ0v) is 56.4. The van der Waals surface area contributed by atoms with E-state index in [2.05, 4.69) is 154 Å². The quantitative estimate of drug-likeness (QED) is 0.0799. The molecule has 0 saturated heterocycles. The van der Waals surface area contributed by atoms with Crippen molar-refractivity contribution in [2.45, 2.75) is 250 Å². The molecular formula is C82H114N2O3. The molecule has 1 heterocycles. The second-order valence-corrected chi connectivity index (χ2v) is 31.7. The number of rotatable bonds is 19. The number of nitriles is 1. The standard InChI is InChI=1S/C45H58N2O2.C37H56O/c1-30(2)9-8-10-31(3)40-19-20-41-39-18-16-36-27-37(21-23-44(36,5)42(39)22-24-45(40,41)6)48-29-34-13-11-33(12-14-34)15-17-38-26-35(25-32(4)49-38)43(28-46)47-7;1-7-9-28-12-14-29(15-13-28)25-38-31-20-22-36(5)30(24-31)16-17-32-34-19-18-33(27(4)11-8-10-26(2)3)37(34,6)23-21-35(32)36/h11-17,25-26,30-31,37,39-42H,8-10,18-24,27,29H2,1-6H3;7,9,12-16,26-27,31-35H,8,10-11,17-25H2,1-6H3/b17-15+,43-35+;9-7+/t31-,37?,39+,40-,41+,42+,44+,45-;27-,31?,32+,33-,34+,35+,36+,37-/m11/s1. The molecule has 0 N–H and O–H groups in total. The molecular weight excluding hydrogens is 1060 g/mol. The normalized spacial score (nSPS) is 35.5. The number of benzene rings is 2. The maximum Gasteiger partial charge on any atom is 0.269 e. The van der Waals surface area contributed by atoms with E-state index in [1.54, 1.807) is 23.3 Å². The molecule has 0 radical (unpaired) electrons. The molecule has 87 heavy (non-hydrogen) atoms. The molecule has 1 aliphatic heterocycles. The third kappa shape index (κ3) is 14.3. The van der Waals surface area contributed by atoms with Crippen molar-refractivity contribution in [3.8, 4) is 6.07 Å². The van der Waals surface area contributed by atoms with Crippen LogP contribution in [0.3, 0.4) is 0 Å². The van der Waals surface area contributed by atoms with E-state index in [1.807, 2.05) is 25.1 Å². The highest BCUT2D eigenvalue weighted by atomic mass is 16.5. The Hall–Kier alpha value is -4.68. The van der Waals surface area contributed by atoms with Crippen molar-refractivity contribution in [2.75, 3.05) is 0 Å². The summed E-state index contributed by atoms with van der Waals surface area (Å²) in [6, 6.07) is 19.3. The summed E-state index contributed by atoms with van der Waals surface area (Å²) < 4.78 is 18.9. The van der Waals surface area contributed by atoms with E-state index < -0.39 is 0 Å². The Balaban J connectivity index is 0.000000199. The van der Waals surface area contributed by atoms with Crippen LogP contribution in [-0.4, -0.2) is 12.2 Å². The number of nitrogens with zero attached hydrogens (tertiary/aromatic N) is 2. The Labute approximate surface area is 529 Å². The molecule has 5 heteroatoms. The summed E-state index contributed by atoms with van der Waals surface area (Å²) in [5.74, 6) is 12.0. The zero-order valence-electron chi connectivity index (χ0n) is 56.4. The summed E-state index contributed by atoms with van der Waals surface area (Å²) in [6.45, 7) is 37.9. The van der Waals surface area contributed by atoms with E-state index in [-0.39, 0.29) is 5.70 Å². The number of ether oxygens (including phenoxy) is 3. The minimum Gasteiger partial charge on any atom is -0.462 e. The van der Waals surface area contributed by atoms with E-state index in [0.29, 0.717) is 57.6 Å². The van der Waals surface area contributed by atoms with Gasteiger partial charge in [0.15, 0.2) is 0 Å². The summed E-state index contributed by atoms with van der Waals surface area (Å²) in [7, 11) is 0. The maximum atomic E-state index is 9.25. The highest BCUT2D eigenvalue weighted by Crippen LogP contribution is 2.69. The molecule has 9 aliphatic rings. The van der Waals surface area contributed by atoms with E-state index in [4.69, 9.17) is 20.8 Å². The van der Waals surface area contributed by atoms with Crippen LogP contribution in [0.1, 0.15) is 247 Å². The third-order valence-electron chi connectivity index (χ3n) is 25.7. The topological polar surface area (TPSA) is 55.8 Å². The van der Waals surface area contributed by atoms with E-state index in [9.17, 15) is 5.26 Å². The molecule has 0 amide bonds. The smallest absolute Gasteiger partial charge is 0.269 e. The molecule has 8 aliphatic carbocycles. The number of fused-ring (bicyclic) bond motifs is 10. The molecule has 2 aromatic rings. The molecule has 2 aromatic carbocycles. The molecule has 6 fully saturated rings. The minimum absolute atomic E-state index is 0.0704. The van der Waals surface area contributed by atoms with Gasteiger partial charge in [-0.25, -0.2) is 10.1 Å². The summed E-state index contributed by atoms with van der Waals surface area (Å²) in [5.41, 5.74) is 10.8. The van der Waals surface area contributed by atoms with Crippen LogP contribution >= 0.6 is 0 Å². The van der Waals surface area contributed by atoms with Crippen molar-refractivity contribution in [3.05, 3.63) is 153 Å². The average Bonchev–Trinajstić information content (AvgIpc) is 1.79. The minimum atomic E-state index is 0.0704. The fraction of sp³-hybridized carbons (Fsp3) is 0.659. The van der Waals surface area contributed by atoms with Crippen molar-refractivity contribution in [2.24, 2.45) is 92.7 Å². The van der Waals surface area contributed by atoms with Crippen LogP contribution in [0.15, 0.2) is 119 Å². The lowest BCUT2D eigenvalue weighted by Crippen LogP contribution is -2.51. The summed E-state index contributed by atoms with van der Waals surface area (Å²) in [4.78, 5) is 3.33. The molecule has 0 bridgehead atoms. The number of allylic oxidation sites excluding steroid dienone is 9. The second kappa shape index (κ2) is 28.2. The highest BCUT2D eigenvalue weighted by molar-refractivity contribution is 5.56. The highest BCUT2D eigenvalue weighted by Gasteiger charge is 2.61. The zero-order chi connectivity index (χ0) is 61.7. The van der Waals surface area contributed by atoms with Gasteiger partial charge in [-0.2, -0.15) is 0 Å². The van der Waals surface area contributed by atoms with Gasteiger partial charge in [0.1, 0.15) is 11.5 Å². The first-order chi connectivity index (χ1) is 41.8.